The Bertz CT molecular complexity index is 1150. The molecule has 0 aromatic heterocycles. The molecule has 2 N–H and O–H groups in total. The number of nitrogens with zero attached hydrogens (tertiary/aromatic N) is 2. The third kappa shape index (κ3) is 4.78. The highest BCUT2D eigenvalue weighted by atomic mass is 16.2. The molecule has 0 saturated carbocycles. The van der Waals surface area contributed by atoms with E-state index in [9.17, 15) is 14.4 Å². The number of urea groups is 1. The number of carbonyl (C=O) groups excluding carboxylic acids is 3. The van der Waals surface area contributed by atoms with Crippen molar-refractivity contribution in [3.8, 4) is 0 Å². The van der Waals surface area contributed by atoms with Crippen molar-refractivity contribution in [2.24, 2.45) is 0 Å². The molecule has 1 aliphatic rings. The minimum absolute atomic E-state index is 0.115. The molecule has 3 aromatic carbocycles. The van der Waals surface area contributed by atoms with Crippen molar-refractivity contribution in [3.05, 3.63) is 90.0 Å². The summed E-state index contributed by atoms with van der Waals surface area (Å²) < 4.78 is 0. The summed E-state index contributed by atoms with van der Waals surface area (Å²) in [4.78, 5) is 41.2. The van der Waals surface area contributed by atoms with Gasteiger partial charge in [-0.2, -0.15) is 0 Å². The van der Waals surface area contributed by atoms with Gasteiger partial charge in [0.1, 0.15) is 13.1 Å². The van der Waals surface area contributed by atoms with E-state index >= 15 is 0 Å². The molecular weight excluding hydrogens is 404 g/mol. The van der Waals surface area contributed by atoms with Crippen molar-refractivity contribution in [3.63, 3.8) is 0 Å². The van der Waals surface area contributed by atoms with Gasteiger partial charge in [-0.05, 0) is 36.8 Å². The topological polar surface area (TPSA) is 81.8 Å². The van der Waals surface area contributed by atoms with E-state index in [0.717, 1.165) is 11.1 Å². The van der Waals surface area contributed by atoms with E-state index in [0.29, 0.717) is 23.6 Å². The van der Waals surface area contributed by atoms with Gasteiger partial charge in [0, 0.05) is 12.2 Å². The molecule has 1 heterocycles. The number of fused-ring (bicyclic) bond motifs is 1. The van der Waals surface area contributed by atoms with E-state index in [4.69, 9.17) is 0 Å². The van der Waals surface area contributed by atoms with Crippen molar-refractivity contribution in [2.45, 2.75) is 13.5 Å². The molecule has 0 saturated heterocycles. The van der Waals surface area contributed by atoms with Crippen LogP contribution < -0.4 is 20.4 Å². The summed E-state index contributed by atoms with van der Waals surface area (Å²) in [6.45, 7) is 2.11. The Kier molecular flexibility index (Phi) is 6.17. The van der Waals surface area contributed by atoms with Crippen LogP contribution in [0.5, 0.6) is 0 Å². The first-order valence-corrected chi connectivity index (χ1v) is 10.4. The highest BCUT2D eigenvalue weighted by Gasteiger charge is 2.33. The lowest BCUT2D eigenvalue weighted by Crippen LogP contribution is -2.51. The number of nitrogens with one attached hydrogen (secondary N) is 2. The number of aryl methyl sites for hydroxylation is 1. The maximum Gasteiger partial charge on any atom is 0.326 e. The Morgan fingerprint density at radius 2 is 1.62 bits per heavy atom. The molecule has 0 spiro atoms. The molecule has 0 fully saturated rings. The lowest BCUT2D eigenvalue weighted by Gasteiger charge is -2.35. The van der Waals surface area contributed by atoms with Gasteiger partial charge in [0.2, 0.25) is 11.8 Å². The smallest absolute Gasteiger partial charge is 0.326 e. The number of benzene rings is 3. The Hall–Kier alpha value is -4.13. The van der Waals surface area contributed by atoms with Gasteiger partial charge in [0.15, 0.2) is 0 Å². The fourth-order valence-corrected chi connectivity index (χ4v) is 3.65. The number of hydrogen-bond acceptors (Lipinski definition) is 3. The highest BCUT2D eigenvalue weighted by Crippen LogP contribution is 2.33. The van der Waals surface area contributed by atoms with Crippen LogP contribution in [0.1, 0.15) is 11.1 Å². The Morgan fingerprint density at radius 1 is 0.906 bits per heavy atom. The SMILES string of the molecule is Cc1cccc(CNC(=O)CN2C(=O)CN(C(=O)Nc3ccccc3)c3ccccc32)c1. The van der Waals surface area contributed by atoms with Gasteiger partial charge < -0.3 is 10.6 Å². The van der Waals surface area contributed by atoms with E-state index in [1.54, 1.807) is 36.4 Å². The zero-order valence-electron chi connectivity index (χ0n) is 17.7. The molecule has 0 unspecified atom stereocenters. The fourth-order valence-electron chi connectivity index (χ4n) is 3.65. The van der Waals surface area contributed by atoms with Gasteiger partial charge in [-0.1, -0.05) is 60.2 Å². The third-order valence-electron chi connectivity index (χ3n) is 5.20. The number of anilines is 3. The maximum absolute atomic E-state index is 12.9. The summed E-state index contributed by atoms with van der Waals surface area (Å²) in [5, 5.41) is 5.67. The number of para-hydroxylation sites is 3. The predicted octanol–water partition coefficient (Wildman–Crippen LogP) is 3.70. The number of rotatable bonds is 5. The maximum atomic E-state index is 12.9. The fraction of sp³-hybridized carbons (Fsp3) is 0.160. The van der Waals surface area contributed by atoms with Crippen LogP contribution in [0.25, 0.3) is 0 Å². The Balaban J connectivity index is 1.47. The predicted molar refractivity (Wildman–Crippen MR) is 125 cm³/mol. The third-order valence-corrected chi connectivity index (χ3v) is 5.20. The molecule has 0 radical (unpaired) electrons. The average molecular weight is 428 g/mol. The first kappa shape index (κ1) is 21.1. The van der Waals surface area contributed by atoms with Crippen molar-refractivity contribution < 1.29 is 14.4 Å². The van der Waals surface area contributed by atoms with Gasteiger partial charge in [-0.3, -0.25) is 19.4 Å². The van der Waals surface area contributed by atoms with E-state index in [2.05, 4.69) is 10.6 Å². The standard InChI is InChI=1S/C25H24N4O3/c1-18-8-7-9-19(14-18)15-26-23(30)16-28-21-12-5-6-13-22(21)29(17-24(28)31)25(32)27-20-10-3-2-4-11-20/h2-14H,15-17H2,1H3,(H,26,30)(H,27,32). The molecule has 4 amide bonds. The largest absolute Gasteiger partial charge is 0.350 e. The molecule has 0 atom stereocenters. The van der Waals surface area contributed by atoms with Crippen LogP contribution in [0.2, 0.25) is 0 Å². The van der Waals surface area contributed by atoms with Gasteiger partial charge in [0.05, 0.1) is 11.4 Å². The minimum atomic E-state index is -0.402. The lowest BCUT2D eigenvalue weighted by molar-refractivity contribution is -0.123. The minimum Gasteiger partial charge on any atom is -0.350 e. The van der Waals surface area contributed by atoms with Crippen LogP contribution in [0.4, 0.5) is 21.9 Å². The summed E-state index contributed by atoms with van der Waals surface area (Å²) in [5.41, 5.74) is 3.85. The van der Waals surface area contributed by atoms with Gasteiger partial charge >= 0.3 is 6.03 Å². The molecule has 7 heteroatoms. The highest BCUT2D eigenvalue weighted by molar-refractivity contribution is 6.14. The van der Waals surface area contributed by atoms with Gasteiger partial charge in [-0.15, -0.1) is 0 Å². The van der Waals surface area contributed by atoms with Crippen LogP contribution in [0.15, 0.2) is 78.9 Å². The quantitative estimate of drug-likeness (QED) is 0.650. The van der Waals surface area contributed by atoms with Crippen LogP contribution in [-0.4, -0.2) is 30.9 Å². The first-order valence-electron chi connectivity index (χ1n) is 10.4. The number of carbonyl (C=O) groups is 3. The van der Waals surface area contributed by atoms with Crippen LogP contribution in [-0.2, 0) is 16.1 Å². The van der Waals surface area contributed by atoms with Crippen LogP contribution >= 0.6 is 0 Å². The van der Waals surface area contributed by atoms with Crippen molar-refractivity contribution in [2.75, 3.05) is 28.2 Å². The van der Waals surface area contributed by atoms with Crippen molar-refractivity contribution in [1.82, 2.24) is 5.32 Å². The van der Waals surface area contributed by atoms with E-state index < -0.39 is 6.03 Å². The average Bonchev–Trinajstić information content (AvgIpc) is 2.80. The molecule has 3 aromatic rings. The number of amides is 4. The Morgan fingerprint density at radius 3 is 2.38 bits per heavy atom. The molecule has 0 bridgehead atoms. The summed E-state index contributed by atoms with van der Waals surface area (Å²) in [6.07, 6.45) is 0. The number of hydrogen-bond donors (Lipinski definition) is 2. The summed E-state index contributed by atoms with van der Waals surface area (Å²) >= 11 is 0. The van der Waals surface area contributed by atoms with E-state index in [1.165, 1.54) is 9.80 Å². The van der Waals surface area contributed by atoms with Crippen LogP contribution in [0.3, 0.4) is 0 Å². The van der Waals surface area contributed by atoms with Gasteiger partial charge in [0.25, 0.3) is 0 Å². The second-order valence-electron chi connectivity index (χ2n) is 7.62. The molecular formula is C25H24N4O3. The van der Waals surface area contributed by atoms with E-state index in [-0.39, 0.29) is 24.9 Å². The summed E-state index contributed by atoms with van der Waals surface area (Å²) in [5.74, 6) is -0.588. The summed E-state index contributed by atoms with van der Waals surface area (Å²) in [7, 11) is 0. The van der Waals surface area contributed by atoms with E-state index in [1.807, 2.05) is 49.4 Å². The van der Waals surface area contributed by atoms with Crippen molar-refractivity contribution >= 4 is 34.9 Å². The molecule has 1 aliphatic heterocycles. The Labute approximate surface area is 186 Å². The molecule has 32 heavy (non-hydrogen) atoms. The van der Waals surface area contributed by atoms with Gasteiger partial charge in [-0.25, -0.2) is 4.79 Å². The molecule has 4 rings (SSSR count). The normalized spacial score (nSPS) is 12.8. The lowest BCUT2D eigenvalue weighted by atomic mass is 10.1. The van der Waals surface area contributed by atoms with Crippen molar-refractivity contribution in [1.29, 1.82) is 0 Å². The zero-order valence-corrected chi connectivity index (χ0v) is 17.7. The zero-order chi connectivity index (χ0) is 22.5. The molecule has 0 aliphatic carbocycles. The molecule has 162 valence electrons. The second-order valence-corrected chi connectivity index (χ2v) is 7.62. The monoisotopic (exact) mass is 428 g/mol. The first-order chi connectivity index (χ1) is 15.5. The van der Waals surface area contributed by atoms with Crippen LogP contribution in [0, 0.1) is 6.92 Å². The molecule has 7 nitrogen and oxygen atoms in total. The second kappa shape index (κ2) is 9.34. The summed E-state index contributed by atoms with van der Waals surface area (Å²) in [6, 6.07) is 23.6.